The first-order chi connectivity index (χ1) is 27.1. The van der Waals surface area contributed by atoms with Gasteiger partial charge in [-0.2, -0.15) is 5.26 Å². The molecule has 2 saturated heterocycles. The zero-order chi connectivity index (χ0) is 40.6. The second kappa shape index (κ2) is 14.4. The predicted molar refractivity (Wildman–Crippen MR) is 211 cm³/mol. The Hall–Kier alpha value is -5.09. The number of amides is 5. The van der Waals surface area contributed by atoms with Crippen LogP contribution in [0.4, 0.5) is 0 Å². The lowest BCUT2D eigenvalue weighted by Gasteiger charge is -2.65. The molecule has 0 spiro atoms. The van der Waals surface area contributed by atoms with Crippen LogP contribution in [-0.2, 0) is 29.2 Å². The highest BCUT2D eigenvalue weighted by molar-refractivity contribution is 6.31. The molecule has 1 atom stereocenters. The molecule has 296 valence electrons. The van der Waals surface area contributed by atoms with E-state index in [9.17, 15) is 29.2 Å². The molecule has 0 bridgehead atoms. The van der Waals surface area contributed by atoms with Crippen molar-refractivity contribution in [2.75, 3.05) is 20.1 Å². The fourth-order valence-corrected chi connectivity index (χ4v) is 10.8. The second-order valence-electron chi connectivity index (χ2n) is 17.4. The van der Waals surface area contributed by atoms with Crippen molar-refractivity contribution in [2.24, 2.45) is 10.8 Å². The van der Waals surface area contributed by atoms with E-state index in [1.165, 1.54) is 0 Å². The Kier molecular flexibility index (Phi) is 9.78. The van der Waals surface area contributed by atoms with Gasteiger partial charge in [-0.25, -0.2) is 0 Å². The lowest BCUT2D eigenvalue weighted by Crippen LogP contribution is -2.74. The van der Waals surface area contributed by atoms with Gasteiger partial charge in [0, 0.05) is 67.6 Å². The molecule has 5 aliphatic rings. The van der Waals surface area contributed by atoms with E-state index in [1.807, 2.05) is 48.3 Å². The van der Waals surface area contributed by atoms with E-state index in [0.717, 1.165) is 54.1 Å². The number of carbonyl (C=O) groups excluding carboxylic acids is 5. The summed E-state index contributed by atoms with van der Waals surface area (Å²) in [6, 6.07) is 18.1. The first-order valence-corrected chi connectivity index (χ1v) is 20.0. The number of hydrogen-bond acceptors (Lipinski definition) is 9. The van der Waals surface area contributed by atoms with Crippen molar-refractivity contribution in [2.45, 2.75) is 97.2 Å². The van der Waals surface area contributed by atoms with Gasteiger partial charge >= 0.3 is 0 Å². The van der Waals surface area contributed by atoms with Crippen LogP contribution >= 0.6 is 11.6 Å². The smallest absolute Gasteiger partial charge is 0.262 e. The summed E-state index contributed by atoms with van der Waals surface area (Å²) in [5.41, 5.74) is 4.23. The number of likely N-dealkylation sites (tertiary alicyclic amines) is 1. The summed E-state index contributed by atoms with van der Waals surface area (Å²) in [6.45, 7) is 12.5. The van der Waals surface area contributed by atoms with Crippen LogP contribution in [0.3, 0.4) is 0 Å². The SMILES string of the molecule is CN(C(=O)c1ccc(CN2CCC(N3Cc4cc5c(cc4C3)C(=O)N(C3CCC(=O)NC3=O)C5=O)CC2)cc1)[C@H]1C(C)(C)[C@H](Oc2ccc(C#N)c(Cl)c2)C1(C)C. The van der Waals surface area contributed by atoms with E-state index in [2.05, 4.69) is 48.9 Å². The standard InChI is InChI=1S/C44H47ClN6O6/c1-43(2)41(44(3,4)42(43)57-31-11-10-27(21-46)34(45)20-31)48(5)38(54)26-8-6-25(7-9-26)22-49-16-14-30(15-17-49)50-23-28-18-32-33(19-29(28)24-50)40(56)51(39(32)55)35-12-13-36(52)47-37(35)53/h6-11,18-20,30,35,41-42H,12-17,22-24H2,1-5H3,(H,47,52,53)/t35?,41-,42-. The normalized spacial score (nSPS) is 24.4. The minimum Gasteiger partial charge on any atom is -0.489 e. The predicted octanol–water partition coefficient (Wildman–Crippen LogP) is 5.55. The lowest BCUT2D eigenvalue weighted by atomic mass is 9.49. The molecule has 1 saturated carbocycles. The Bertz CT molecular complexity index is 2180. The number of nitriles is 1. The number of fused-ring (bicyclic) bond motifs is 2. The van der Waals surface area contributed by atoms with Gasteiger partial charge in [-0.15, -0.1) is 0 Å². The van der Waals surface area contributed by atoms with Gasteiger partial charge in [0.1, 0.15) is 24.0 Å². The monoisotopic (exact) mass is 790 g/mol. The molecule has 8 rings (SSSR count). The number of imide groups is 2. The maximum absolute atomic E-state index is 13.8. The average molecular weight is 791 g/mol. The summed E-state index contributed by atoms with van der Waals surface area (Å²) >= 11 is 6.27. The second-order valence-corrected chi connectivity index (χ2v) is 17.8. The van der Waals surface area contributed by atoms with Gasteiger partial charge in [-0.05, 0) is 85.4 Å². The van der Waals surface area contributed by atoms with E-state index >= 15 is 0 Å². The van der Waals surface area contributed by atoms with Crippen molar-refractivity contribution in [3.63, 3.8) is 0 Å². The van der Waals surface area contributed by atoms with Crippen molar-refractivity contribution >= 4 is 41.1 Å². The number of halogens is 1. The van der Waals surface area contributed by atoms with Crippen molar-refractivity contribution in [3.05, 3.63) is 98.6 Å². The Balaban J connectivity index is 0.834. The molecule has 4 heterocycles. The van der Waals surface area contributed by atoms with E-state index < -0.39 is 29.7 Å². The fourth-order valence-electron chi connectivity index (χ4n) is 10.6. The maximum Gasteiger partial charge on any atom is 0.262 e. The Morgan fingerprint density at radius 3 is 2.09 bits per heavy atom. The number of nitrogens with one attached hydrogen (secondary N) is 1. The average Bonchev–Trinajstić information content (AvgIpc) is 3.70. The van der Waals surface area contributed by atoms with Gasteiger partial charge < -0.3 is 9.64 Å². The Labute approximate surface area is 337 Å². The maximum atomic E-state index is 13.8. The number of piperidine rings is 2. The lowest BCUT2D eigenvalue weighted by molar-refractivity contribution is -0.195. The number of benzene rings is 3. The molecule has 4 aliphatic heterocycles. The van der Waals surface area contributed by atoms with E-state index in [1.54, 1.807) is 18.2 Å². The van der Waals surface area contributed by atoms with Gasteiger partial charge in [0.2, 0.25) is 11.8 Å². The summed E-state index contributed by atoms with van der Waals surface area (Å²) in [7, 11) is 1.87. The summed E-state index contributed by atoms with van der Waals surface area (Å²) in [6.07, 6.45) is 2.04. The van der Waals surface area contributed by atoms with Crippen LogP contribution in [0, 0.1) is 22.2 Å². The molecule has 57 heavy (non-hydrogen) atoms. The number of carbonyl (C=O) groups is 5. The van der Waals surface area contributed by atoms with Crippen molar-refractivity contribution in [1.29, 1.82) is 5.26 Å². The third-order valence-electron chi connectivity index (χ3n) is 13.0. The molecule has 1 aliphatic carbocycles. The molecule has 12 nitrogen and oxygen atoms in total. The van der Waals surface area contributed by atoms with Crippen molar-refractivity contribution in [1.82, 2.24) is 24.9 Å². The molecule has 0 radical (unpaired) electrons. The van der Waals surface area contributed by atoms with E-state index in [-0.39, 0.29) is 41.7 Å². The van der Waals surface area contributed by atoms with Gasteiger partial charge in [-0.3, -0.25) is 44.0 Å². The molecule has 5 amide bonds. The first kappa shape index (κ1) is 38.8. The summed E-state index contributed by atoms with van der Waals surface area (Å²) in [4.78, 5) is 72.4. The van der Waals surface area contributed by atoms with Crippen LogP contribution in [-0.4, -0.2) is 93.5 Å². The molecule has 3 fully saturated rings. The van der Waals surface area contributed by atoms with Gasteiger partial charge in [0.05, 0.1) is 21.7 Å². The van der Waals surface area contributed by atoms with Crippen LogP contribution in [0.1, 0.15) is 107 Å². The van der Waals surface area contributed by atoms with E-state index in [4.69, 9.17) is 16.3 Å². The van der Waals surface area contributed by atoms with Crippen LogP contribution in [0.2, 0.25) is 5.02 Å². The molecular formula is C44H47ClN6O6. The first-order valence-electron chi connectivity index (χ1n) is 19.6. The van der Waals surface area contributed by atoms with Crippen LogP contribution < -0.4 is 10.1 Å². The number of rotatable bonds is 8. The van der Waals surface area contributed by atoms with Gasteiger partial charge in [0.25, 0.3) is 17.7 Å². The largest absolute Gasteiger partial charge is 0.489 e. The van der Waals surface area contributed by atoms with Gasteiger partial charge in [-0.1, -0.05) is 51.4 Å². The summed E-state index contributed by atoms with van der Waals surface area (Å²) in [5.74, 6) is -1.37. The quantitative estimate of drug-likeness (QED) is 0.291. The van der Waals surface area contributed by atoms with Crippen LogP contribution in [0.5, 0.6) is 5.75 Å². The highest BCUT2D eigenvalue weighted by Gasteiger charge is 2.65. The van der Waals surface area contributed by atoms with Gasteiger partial charge in [0.15, 0.2) is 0 Å². The number of nitrogens with zero attached hydrogens (tertiary/aromatic N) is 5. The van der Waals surface area contributed by atoms with E-state index in [0.29, 0.717) is 52.2 Å². The molecule has 1 N–H and O–H groups in total. The fraction of sp³-hybridized carbons (Fsp3) is 0.455. The minimum atomic E-state index is -0.967. The Morgan fingerprint density at radius 1 is 0.912 bits per heavy atom. The third-order valence-corrected chi connectivity index (χ3v) is 13.3. The highest BCUT2D eigenvalue weighted by atomic mass is 35.5. The number of ether oxygens (including phenoxy) is 1. The van der Waals surface area contributed by atoms with Crippen molar-refractivity contribution < 1.29 is 28.7 Å². The summed E-state index contributed by atoms with van der Waals surface area (Å²) < 4.78 is 6.43. The molecule has 3 aromatic rings. The zero-order valence-corrected chi connectivity index (χ0v) is 33.7. The molecule has 0 aromatic heterocycles. The molecule has 3 aromatic carbocycles. The molecule has 1 unspecified atom stereocenters. The van der Waals surface area contributed by atoms with Crippen molar-refractivity contribution in [3.8, 4) is 11.8 Å². The van der Waals surface area contributed by atoms with Crippen LogP contribution in [0.15, 0.2) is 54.6 Å². The van der Waals surface area contributed by atoms with Crippen LogP contribution in [0.25, 0.3) is 0 Å². The summed E-state index contributed by atoms with van der Waals surface area (Å²) in [5, 5.41) is 11.8. The molecular weight excluding hydrogens is 744 g/mol. The number of hydrogen-bond donors (Lipinski definition) is 1. The highest BCUT2D eigenvalue weighted by Crippen LogP contribution is 2.58. The topological polar surface area (TPSA) is 143 Å². The molecule has 13 heteroatoms. The third kappa shape index (κ3) is 6.69. The Morgan fingerprint density at radius 2 is 1.53 bits per heavy atom. The minimum absolute atomic E-state index is 0.0365. The zero-order valence-electron chi connectivity index (χ0n) is 32.9.